The first-order chi connectivity index (χ1) is 8.94. The van der Waals surface area contributed by atoms with E-state index >= 15 is 0 Å². The van der Waals surface area contributed by atoms with E-state index in [0.29, 0.717) is 11.3 Å². The maximum Gasteiger partial charge on any atom is 0.270 e. The minimum absolute atomic E-state index is 0.122. The smallest absolute Gasteiger partial charge is 0.270 e. The number of hydrogen-bond acceptors (Lipinski definition) is 3. The van der Waals surface area contributed by atoms with Crippen molar-refractivity contribution in [3.05, 3.63) is 38.3 Å². The number of rotatable bonds is 6. The molecule has 0 aliphatic heterocycles. The Balaban J connectivity index is 1.92. The molecule has 1 N–H and O–H groups in total. The highest BCUT2D eigenvalue weighted by Crippen LogP contribution is 2.51. The topological polar surface area (TPSA) is 55.2 Å². The van der Waals surface area contributed by atoms with E-state index in [0.717, 1.165) is 23.1 Å². The fourth-order valence-corrected chi connectivity index (χ4v) is 2.86. The fourth-order valence-electron chi connectivity index (χ4n) is 2.36. The lowest BCUT2D eigenvalue weighted by atomic mass is 9.92. The SMILES string of the molecule is CC(C)C1(CNCc2ccc([N+](=O)[O-])cc2Br)CC1. The fraction of sp³-hybridized carbons (Fsp3) is 0.571. The predicted molar refractivity (Wildman–Crippen MR) is 79.0 cm³/mol. The third-order valence-corrected chi connectivity index (χ3v) is 4.90. The molecule has 0 saturated heterocycles. The van der Waals surface area contributed by atoms with E-state index in [-0.39, 0.29) is 10.6 Å². The number of nitro groups is 1. The lowest BCUT2D eigenvalue weighted by Gasteiger charge is -2.20. The molecule has 1 fully saturated rings. The molecule has 0 heterocycles. The van der Waals surface area contributed by atoms with Crippen LogP contribution in [0.15, 0.2) is 22.7 Å². The molecule has 1 aliphatic rings. The van der Waals surface area contributed by atoms with Crippen molar-refractivity contribution in [3.8, 4) is 0 Å². The standard InChI is InChI=1S/C14H19BrN2O2/c1-10(2)14(5-6-14)9-16-8-11-3-4-12(17(18)19)7-13(11)15/h3-4,7,10,16H,5-6,8-9H2,1-2H3. The van der Waals surface area contributed by atoms with Gasteiger partial charge in [0.2, 0.25) is 0 Å². The van der Waals surface area contributed by atoms with Gasteiger partial charge in [0.25, 0.3) is 5.69 Å². The molecule has 1 saturated carbocycles. The second-order valence-corrected chi connectivity index (χ2v) is 6.51. The summed E-state index contributed by atoms with van der Waals surface area (Å²) < 4.78 is 0.795. The van der Waals surface area contributed by atoms with Gasteiger partial charge >= 0.3 is 0 Å². The molecule has 0 unspecified atom stereocenters. The lowest BCUT2D eigenvalue weighted by molar-refractivity contribution is -0.384. The van der Waals surface area contributed by atoms with Gasteiger partial charge in [-0.25, -0.2) is 0 Å². The average molecular weight is 327 g/mol. The van der Waals surface area contributed by atoms with Crippen LogP contribution in [0.3, 0.4) is 0 Å². The molecule has 0 atom stereocenters. The van der Waals surface area contributed by atoms with Crippen LogP contribution >= 0.6 is 15.9 Å². The average Bonchev–Trinajstić information content (AvgIpc) is 3.12. The van der Waals surface area contributed by atoms with E-state index in [1.54, 1.807) is 12.1 Å². The number of halogens is 1. The Morgan fingerprint density at radius 2 is 2.16 bits per heavy atom. The van der Waals surface area contributed by atoms with E-state index in [4.69, 9.17) is 0 Å². The minimum Gasteiger partial charge on any atom is -0.312 e. The van der Waals surface area contributed by atoms with Crippen LogP contribution in [0.1, 0.15) is 32.3 Å². The number of nitro benzene ring substituents is 1. The Morgan fingerprint density at radius 1 is 1.47 bits per heavy atom. The first kappa shape index (κ1) is 14.5. The van der Waals surface area contributed by atoms with Crippen molar-refractivity contribution in [2.75, 3.05) is 6.54 Å². The monoisotopic (exact) mass is 326 g/mol. The Bertz CT molecular complexity index is 484. The Morgan fingerprint density at radius 3 is 2.63 bits per heavy atom. The summed E-state index contributed by atoms with van der Waals surface area (Å²) in [6.45, 7) is 6.31. The van der Waals surface area contributed by atoms with Crippen molar-refractivity contribution in [2.24, 2.45) is 11.3 Å². The second-order valence-electron chi connectivity index (χ2n) is 5.65. The van der Waals surface area contributed by atoms with Crippen molar-refractivity contribution < 1.29 is 4.92 Å². The molecule has 4 nitrogen and oxygen atoms in total. The summed E-state index contributed by atoms with van der Waals surface area (Å²) >= 11 is 3.40. The van der Waals surface area contributed by atoms with Gasteiger partial charge in [-0.2, -0.15) is 0 Å². The van der Waals surface area contributed by atoms with Gasteiger partial charge in [-0.1, -0.05) is 29.8 Å². The largest absolute Gasteiger partial charge is 0.312 e. The van der Waals surface area contributed by atoms with Gasteiger partial charge < -0.3 is 5.32 Å². The summed E-state index contributed by atoms with van der Waals surface area (Å²) in [4.78, 5) is 10.3. The minimum atomic E-state index is -0.375. The molecule has 0 amide bonds. The van der Waals surface area contributed by atoms with Crippen LogP contribution in [0.5, 0.6) is 0 Å². The third kappa shape index (κ3) is 3.34. The van der Waals surface area contributed by atoms with Crippen LogP contribution in [-0.2, 0) is 6.54 Å². The van der Waals surface area contributed by atoms with Crippen LogP contribution in [0.4, 0.5) is 5.69 Å². The van der Waals surface area contributed by atoms with Crippen LogP contribution in [0.25, 0.3) is 0 Å². The van der Waals surface area contributed by atoms with Crippen LogP contribution in [0.2, 0.25) is 0 Å². The predicted octanol–water partition coefficient (Wildman–Crippen LogP) is 3.88. The molecular formula is C14H19BrN2O2. The van der Waals surface area contributed by atoms with Gasteiger partial charge in [0.15, 0.2) is 0 Å². The van der Waals surface area contributed by atoms with Crippen molar-refractivity contribution in [2.45, 2.75) is 33.2 Å². The highest BCUT2D eigenvalue weighted by molar-refractivity contribution is 9.10. The van der Waals surface area contributed by atoms with E-state index < -0.39 is 0 Å². The molecule has 0 bridgehead atoms. The van der Waals surface area contributed by atoms with Gasteiger partial charge in [0, 0.05) is 29.7 Å². The Hall–Kier alpha value is -0.940. The maximum absolute atomic E-state index is 10.7. The van der Waals surface area contributed by atoms with Crippen molar-refractivity contribution in [1.82, 2.24) is 5.32 Å². The molecule has 0 spiro atoms. The van der Waals surface area contributed by atoms with E-state index in [1.807, 2.05) is 6.07 Å². The zero-order valence-electron chi connectivity index (χ0n) is 11.3. The number of hydrogen-bond donors (Lipinski definition) is 1. The molecule has 5 heteroatoms. The van der Waals surface area contributed by atoms with Crippen molar-refractivity contribution in [1.29, 1.82) is 0 Å². The highest BCUT2D eigenvalue weighted by atomic mass is 79.9. The third-order valence-electron chi connectivity index (χ3n) is 4.16. The Labute approximate surface area is 121 Å². The molecule has 2 rings (SSSR count). The summed E-state index contributed by atoms with van der Waals surface area (Å²) in [6.07, 6.45) is 2.61. The van der Waals surface area contributed by atoms with Gasteiger partial charge in [-0.3, -0.25) is 10.1 Å². The van der Waals surface area contributed by atoms with Gasteiger partial charge in [-0.05, 0) is 35.8 Å². The quantitative estimate of drug-likeness (QED) is 0.637. The summed E-state index contributed by atoms with van der Waals surface area (Å²) in [5.74, 6) is 0.709. The Kier molecular flexibility index (Phi) is 4.26. The summed E-state index contributed by atoms with van der Waals surface area (Å²) in [5, 5.41) is 14.1. The van der Waals surface area contributed by atoms with E-state index in [1.165, 1.54) is 12.8 Å². The van der Waals surface area contributed by atoms with Crippen molar-refractivity contribution >= 4 is 21.6 Å². The summed E-state index contributed by atoms with van der Waals surface area (Å²) in [6, 6.07) is 4.92. The lowest BCUT2D eigenvalue weighted by Crippen LogP contribution is -2.27. The molecule has 1 aromatic rings. The summed E-state index contributed by atoms with van der Waals surface area (Å²) in [7, 11) is 0. The normalized spacial score (nSPS) is 16.6. The molecule has 0 radical (unpaired) electrons. The number of nitrogens with one attached hydrogen (secondary N) is 1. The van der Waals surface area contributed by atoms with Crippen LogP contribution in [-0.4, -0.2) is 11.5 Å². The van der Waals surface area contributed by atoms with Gasteiger partial charge in [0.1, 0.15) is 0 Å². The molecule has 104 valence electrons. The van der Waals surface area contributed by atoms with Gasteiger partial charge in [0.05, 0.1) is 4.92 Å². The number of non-ortho nitro benzene ring substituents is 1. The van der Waals surface area contributed by atoms with Crippen molar-refractivity contribution in [3.63, 3.8) is 0 Å². The van der Waals surface area contributed by atoms with Gasteiger partial charge in [-0.15, -0.1) is 0 Å². The molecule has 1 aliphatic carbocycles. The molecule has 19 heavy (non-hydrogen) atoms. The van der Waals surface area contributed by atoms with Crippen LogP contribution in [0, 0.1) is 21.4 Å². The molecular weight excluding hydrogens is 308 g/mol. The number of nitrogens with zero attached hydrogens (tertiary/aromatic N) is 1. The van der Waals surface area contributed by atoms with E-state index in [9.17, 15) is 10.1 Å². The highest BCUT2D eigenvalue weighted by Gasteiger charge is 2.44. The first-order valence-corrected chi connectivity index (χ1v) is 7.37. The second kappa shape index (κ2) is 5.59. The zero-order valence-corrected chi connectivity index (χ0v) is 12.9. The van der Waals surface area contributed by atoms with E-state index in [2.05, 4.69) is 35.1 Å². The molecule has 1 aromatic carbocycles. The zero-order chi connectivity index (χ0) is 14.0. The maximum atomic E-state index is 10.7. The molecule has 0 aromatic heterocycles. The number of benzene rings is 1. The van der Waals surface area contributed by atoms with Crippen LogP contribution < -0.4 is 5.32 Å². The first-order valence-electron chi connectivity index (χ1n) is 6.58. The summed E-state index contributed by atoms with van der Waals surface area (Å²) in [5.41, 5.74) is 1.66.